The minimum atomic E-state index is -0.943. The highest BCUT2D eigenvalue weighted by Crippen LogP contribution is 2.44. The van der Waals surface area contributed by atoms with Crippen LogP contribution < -0.4 is 0 Å². The average Bonchev–Trinajstić information content (AvgIpc) is 1.67. The monoisotopic (exact) mass is 152 g/mol. The predicted molar refractivity (Wildman–Crippen MR) is 44.2 cm³/mol. The third-order valence-corrected chi connectivity index (χ3v) is 3.39. The van der Waals surface area contributed by atoms with Crippen molar-refractivity contribution < 1.29 is 3.63 Å². The van der Waals surface area contributed by atoms with Gasteiger partial charge >= 0.3 is 0 Å². The average molecular weight is 152 g/mol. The molecule has 0 aliphatic heterocycles. The fourth-order valence-electron chi connectivity index (χ4n) is 0.203. The molecular weight excluding hydrogens is 140 g/mol. The smallest absolute Gasteiger partial charge is 0.00942 e. The SMILES string of the molecule is C=CS(C)(C)OSC. The van der Waals surface area contributed by atoms with Gasteiger partial charge in [0.25, 0.3) is 0 Å². The van der Waals surface area contributed by atoms with Crippen LogP contribution in [0.1, 0.15) is 0 Å². The van der Waals surface area contributed by atoms with E-state index in [1.165, 1.54) is 12.0 Å². The molecule has 50 valence electrons. The Balaban J connectivity index is 3.53. The van der Waals surface area contributed by atoms with E-state index in [1.54, 1.807) is 0 Å². The van der Waals surface area contributed by atoms with Crippen molar-refractivity contribution in [3.05, 3.63) is 12.0 Å². The molecule has 0 fully saturated rings. The molecule has 0 rings (SSSR count). The second-order valence-electron chi connectivity index (χ2n) is 1.71. The van der Waals surface area contributed by atoms with E-state index in [0.29, 0.717) is 0 Å². The minimum absolute atomic E-state index is 0.943. The van der Waals surface area contributed by atoms with Crippen LogP contribution in [0.4, 0.5) is 0 Å². The van der Waals surface area contributed by atoms with E-state index in [-0.39, 0.29) is 0 Å². The van der Waals surface area contributed by atoms with Crippen molar-refractivity contribution in [3.63, 3.8) is 0 Å². The molecule has 0 atom stereocenters. The molecule has 0 saturated heterocycles. The highest BCUT2D eigenvalue weighted by molar-refractivity contribution is 8.34. The van der Waals surface area contributed by atoms with Crippen molar-refractivity contribution in [2.24, 2.45) is 0 Å². The van der Waals surface area contributed by atoms with Crippen LogP contribution in [0.15, 0.2) is 12.0 Å². The zero-order valence-corrected chi connectivity index (χ0v) is 7.14. The van der Waals surface area contributed by atoms with Gasteiger partial charge in [0.1, 0.15) is 0 Å². The molecule has 0 bridgehead atoms. The summed E-state index contributed by atoms with van der Waals surface area (Å²) in [7, 11) is -0.943. The van der Waals surface area contributed by atoms with Gasteiger partial charge in [0, 0.05) is 18.3 Å². The molecule has 0 aliphatic carbocycles. The summed E-state index contributed by atoms with van der Waals surface area (Å²) in [5, 5.41) is 1.86. The second kappa shape index (κ2) is 3.43. The lowest BCUT2D eigenvalue weighted by Crippen LogP contribution is -1.88. The molecule has 0 unspecified atom stereocenters. The van der Waals surface area contributed by atoms with E-state index in [1.807, 2.05) is 11.7 Å². The fraction of sp³-hybridized carbons (Fsp3) is 0.600. The van der Waals surface area contributed by atoms with Gasteiger partial charge in [0.2, 0.25) is 0 Å². The Morgan fingerprint density at radius 1 is 1.62 bits per heavy atom. The van der Waals surface area contributed by atoms with Gasteiger partial charge in [-0.15, -0.1) is 10.3 Å². The largest absolute Gasteiger partial charge is 0.266 e. The number of hydrogen-bond donors (Lipinski definition) is 0. The fourth-order valence-corrected chi connectivity index (χ4v) is 1.83. The Bertz CT molecular complexity index is 80.5. The maximum Gasteiger partial charge on any atom is 0.00942 e. The standard InChI is InChI=1S/C5H12OS2/c1-5-8(3,4)6-7-2/h5H,1H2,2-4H3. The lowest BCUT2D eigenvalue weighted by Gasteiger charge is -2.23. The van der Waals surface area contributed by atoms with E-state index in [2.05, 4.69) is 19.1 Å². The molecule has 0 aliphatic rings. The zero-order chi connectivity index (χ0) is 6.62. The first-order valence-corrected chi connectivity index (χ1v) is 5.79. The van der Waals surface area contributed by atoms with Gasteiger partial charge in [0.05, 0.1) is 0 Å². The molecule has 0 N–H and O–H groups in total. The maximum absolute atomic E-state index is 5.26. The summed E-state index contributed by atoms with van der Waals surface area (Å²) in [6.45, 7) is 3.65. The quantitative estimate of drug-likeness (QED) is 0.574. The number of hydrogen-bond acceptors (Lipinski definition) is 2. The van der Waals surface area contributed by atoms with Crippen LogP contribution in [0.5, 0.6) is 0 Å². The molecule has 0 heterocycles. The zero-order valence-electron chi connectivity index (χ0n) is 5.51. The highest BCUT2D eigenvalue weighted by Gasteiger charge is 2.03. The lowest BCUT2D eigenvalue weighted by molar-refractivity contribution is 0.745. The van der Waals surface area contributed by atoms with Gasteiger partial charge in [-0.3, -0.25) is 3.63 Å². The molecule has 0 aromatic rings. The summed E-state index contributed by atoms with van der Waals surface area (Å²) in [5.74, 6) is 0. The first-order chi connectivity index (χ1) is 3.62. The summed E-state index contributed by atoms with van der Waals surface area (Å²) in [4.78, 5) is 0. The van der Waals surface area contributed by atoms with Crippen molar-refractivity contribution in [2.75, 3.05) is 18.8 Å². The normalized spacial score (nSPS) is 13.4. The maximum atomic E-state index is 5.26. The van der Waals surface area contributed by atoms with Crippen LogP contribution >= 0.6 is 22.4 Å². The Labute approximate surface area is 57.2 Å². The van der Waals surface area contributed by atoms with Crippen LogP contribution in [0.2, 0.25) is 0 Å². The summed E-state index contributed by atoms with van der Waals surface area (Å²) >= 11 is 1.40. The van der Waals surface area contributed by atoms with E-state index in [9.17, 15) is 0 Å². The van der Waals surface area contributed by atoms with Crippen molar-refractivity contribution in [1.82, 2.24) is 0 Å². The first kappa shape index (κ1) is 8.40. The van der Waals surface area contributed by atoms with Crippen LogP contribution in [0, 0.1) is 0 Å². The molecular formula is C5H12OS2. The molecule has 8 heavy (non-hydrogen) atoms. The molecule has 0 spiro atoms. The van der Waals surface area contributed by atoms with Gasteiger partial charge < -0.3 is 0 Å². The van der Waals surface area contributed by atoms with Crippen molar-refractivity contribution in [2.45, 2.75) is 0 Å². The summed E-state index contributed by atoms with van der Waals surface area (Å²) in [6.07, 6.45) is 6.02. The molecule has 1 nitrogen and oxygen atoms in total. The van der Waals surface area contributed by atoms with Gasteiger partial charge in [-0.25, -0.2) is 0 Å². The number of rotatable bonds is 3. The Morgan fingerprint density at radius 2 is 2.12 bits per heavy atom. The van der Waals surface area contributed by atoms with Crippen molar-refractivity contribution in [3.8, 4) is 0 Å². The third kappa shape index (κ3) is 3.41. The van der Waals surface area contributed by atoms with Gasteiger partial charge in [-0.2, -0.15) is 0 Å². The van der Waals surface area contributed by atoms with E-state index < -0.39 is 10.3 Å². The molecule has 0 aromatic heterocycles. The van der Waals surface area contributed by atoms with Crippen molar-refractivity contribution in [1.29, 1.82) is 0 Å². The third-order valence-electron chi connectivity index (χ3n) is 0.645. The van der Waals surface area contributed by atoms with E-state index in [0.717, 1.165) is 0 Å². The van der Waals surface area contributed by atoms with Gasteiger partial charge in [-0.05, 0) is 17.9 Å². The summed E-state index contributed by atoms with van der Waals surface area (Å²) in [6, 6.07) is 0. The Morgan fingerprint density at radius 3 is 2.25 bits per heavy atom. The molecule has 0 saturated carbocycles. The van der Waals surface area contributed by atoms with Crippen LogP contribution in [-0.4, -0.2) is 18.8 Å². The van der Waals surface area contributed by atoms with Gasteiger partial charge in [0.15, 0.2) is 0 Å². The Kier molecular flexibility index (Phi) is 3.60. The van der Waals surface area contributed by atoms with Crippen molar-refractivity contribution >= 4 is 22.4 Å². The molecule has 3 heteroatoms. The van der Waals surface area contributed by atoms with E-state index >= 15 is 0 Å². The lowest BCUT2D eigenvalue weighted by atomic mass is 11.3. The Hall–Kier alpha value is 0.400. The highest BCUT2D eigenvalue weighted by atomic mass is 32.3. The minimum Gasteiger partial charge on any atom is -0.266 e. The second-order valence-corrected chi connectivity index (χ2v) is 5.54. The molecule has 0 aromatic carbocycles. The van der Waals surface area contributed by atoms with Crippen LogP contribution in [0.25, 0.3) is 0 Å². The summed E-state index contributed by atoms with van der Waals surface area (Å²) < 4.78 is 5.26. The van der Waals surface area contributed by atoms with Crippen LogP contribution in [0.3, 0.4) is 0 Å². The van der Waals surface area contributed by atoms with Crippen LogP contribution in [-0.2, 0) is 3.63 Å². The first-order valence-electron chi connectivity index (χ1n) is 2.20. The molecule has 0 amide bonds. The van der Waals surface area contributed by atoms with E-state index in [4.69, 9.17) is 3.63 Å². The van der Waals surface area contributed by atoms with Gasteiger partial charge in [-0.1, -0.05) is 6.58 Å². The summed E-state index contributed by atoms with van der Waals surface area (Å²) in [5.41, 5.74) is 0. The predicted octanol–water partition coefficient (Wildman–Crippen LogP) is 2.40. The topological polar surface area (TPSA) is 9.23 Å². The molecule has 0 radical (unpaired) electrons.